The van der Waals surface area contributed by atoms with Crippen LogP contribution in [0.15, 0.2) is 12.3 Å². The number of carbonyl (C=O) groups excluding carboxylic acids is 1. The number of hydrogen-bond acceptors (Lipinski definition) is 3. The largest absolute Gasteiger partial charge is 0.351 e. The van der Waals surface area contributed by atoms with E-state index in [1.165, 1.54) is 12.3 Å². The maximum Gasteiger partial charge on any atom is 0.287 e. The summed E-state index contributed by atoms with van der Waals surface area (Å²) in [5.41, 5.74) is 0.0539. The minimum Gasteiger partial charge on any atom is -0.351 e. The third-order valence-electron chi connectivity index (χ3n) is 2.31. The minimum atomic E-state index is -0.556. The van der Waals surface area contributed by atoms with Gasteiger partial charge in [-0.3, -0.25) is 14.9 Å². The molecular formula is C10H14ClN3O3. The number of nitrogens with one attached hydrogen (secondary N) is 2. The standard InChI is InChI=1S/C10H14ClN3O3/c1-2-7(11)3-4-12-10(15)9-5-8(6-13-9)14(16)17/h5-7,13H,2-4H2,1H3,(H,12,15). The van der Waals surface area contributed by atoms with Gasteiger partial charge in [0, 0.05) is 18.0 Å². The lowest BCUT2D eigenvalue weighted by Gasteiger charge is -2.06. The molecule has 0 fully saturated rings. The maximum absolute atomic E-state index is 11.5. The molecule has 1 unspecified atom stereocenters. The van der Waals surface area contributed by atoms with Crippen LogP contribution < -0.4 is 5.32 Å². The number of aromatic amines is 1. The second-order valence-electron chi connectivity index (χ2n) is 3.58. The van der Waals surface area contributed by atoms with E-state index in [-0.39, 0.29) is 22.7 Å². The third-order valence-corrected chi connectivity index (χ3v) is 2.84. The number of carbonyl (C=O) groups is 1. The van der Waals surface area contributed by atoms with Crippen LogP contribution in [0.1, 0.15) is 30.3 Å². The van der Waals surface area contributed by atoms with Gasteiger partial charge in [-0.15, -0.1) is 11.6 Å². The van der Waals surface area contributed by atoms with Crippen molar-refractivity contribution in [1.82, 2.24) is 10.3 Å². The lowest BCUT2D eigenvalue weighted by atomic mass is 10.2. The van der Waals surface area contributed by atoms with Crippen molar-refractivity contribution in [3.05, 3.63) is 28.1 Å². The van der Waals surface area contributed by atoms with E-state index in [0.29, 0.717) is 13.0 Å². The first-order valence-corrected chi connectivity index (χ1v) is 5.73. The SMILES string of the molecule is CCC(Cl)CCNC(=O)c1cc([N+](=O)[O-])c[nH]1. The molecule has 7 heteroatoms. The Kier molecular flexibility index (Phi) is 4.96. The predicted octanol–water partition coefficient (Wildman–Crippen LogP) is 2.06. The van der Waals surface area contributed by atoms with Gasteiger partial charge in [0.25, 0.3) is 11.6 Å². The highest BCUT2D eigenvalue weighted by molar-refractivity contribution is 6.20. The number of aromatic nitrogens is 1. The topological polar surface area (TPSA) is 88.0 Å². The molecule has 1 rings (SSSR count). The molecule has 1 aromatic heterocycles. The summed E-state index contributed by atoms with van der Waals surface area (Å²) in [6.07, 6.45) is 2.70. The first kappa shape index (κ1) is 13.5. The van der Waals surface area contributed by atoms with Crippen molar-refractivity contribution in [2.24, 2.45) is 0 Å². The quantitative estimate of drug-likeness (QED) is 0.466. The van der Waals surface area contributed by atoms with Crippen molar-refractivity contribution in [1.29, 1.82) is 0 Å². The molecule has 1 heterocycles. The number of alkyl halides is 1. The van der Waals surface area contributed by atoms with Gasteiger partial charge in [-0.25, -0.2) is 0 Å². The average molecular weight is 260 g/mol. The average Bonchev–Trinajstić information content (AvgIpc) is 2.78. The Hall–Kier alpha value is -1.56. The van der Waals surface area contributed by atoms with Crippen LogP contribution in [0.2, 0.25) is 0 Å². The first-order chi connectivity index (χ1) is 8.04. The predicted molar refractivity (Wildman–Crippen MR) is 64.3 cm³/mol. The van der Waals surface area contributed by atoms with Crippen LogP contribution in [0, 0.1) is 10.1 Å². The highest BCUT2D eigenvalue weighted by Crippen LogP contribution is 2.12. The molecule has 1 amide bonds. The van der Waals surface area contributed by atoms with Gasteiger partial charge < -0.3 is 10.3 Å². The molecule has 94 valence electrons. The van der Waals surface area contributed by atoms with E-state index in [2.05, 4.69) is 10.3 Å². The zero-order valence-electron chi connectivity index (χ0n) is 9.40. The van der Waals surface area contributed by atoms with Gasteiger partial charge in [0.05, 0.1) is 11.1 Å². The Balaban J connectivity index is 2.44. The summed E-state index contributed by atoms with van der Waals surface area (Å²) < 4.78 is 0. The molecule has 0 aliphatic carbocycles. The van der Waals surface area contributed by atoms with E-state index in [1.807, 2.05) is 6.92 Å². The zero-order chi connectivity index (χ0) is 12.8. The lowest BCUT2D eigenvalue weighted by Crippen LogP contribution is -2.26. The van der Waals surface area contributed by atoms with Crippen LogP contribution in [0.3, 0.4) is 0 Å². The van der Waals surface area contributed by atoms with Crippen LogP contribution in [-0.2, 0) is 0 Å². The van der Waals surface area contributed by atoms with Gasteiger partial charge in [-0.05, 0) is 12.8 Å². The molecule has 0 saturated heterocycles. The number of rotatable bonds is 6. The van der Waals surface area contributed by atoms with E-state index >= 15 is 0 Å². The number of halogens is 1. The van der Waals surface area contributed by atoms with Gasteiger partial charge in [0.2, 0.25) is 0 Å². The summed E-state index contributed by atoms with van der Waals surface area (Å²) in [6, 6.07) is 1.20. The summed E-state index contributed by atoms with van der Waals surface area (Å²) in [7, 11) is 0. The zero-order valence-corrected chi connectivity index (χ0v) is 10.2. The molecular weight excluding hydrogens is 246 g/mol. The minimum absolute atomic E-state index is 0.0354. The molecule has 0 saturated carbocycles. The molecule has 17 heavy (non-hydrogen) atoms. The number of amides is 1. The first-order valence-electron chi connectivity index (χ1n) is 5.29. The van der Waals surface area contributed by atoms with Gasteiger partial charge >= 0.3 is 0 Å². The molecule has 0 aromatic carbocycles. The van der Waals surface area contributed by atoms with Gasteiger partial charge in [0.15, 0.2) is 0 Å². The number of nitrogens with zero attached hydrogens (tertiary/aromatic N) is 1. The Morgan fingerprint density at radius 1 is 1.71 bits per heavy atom. The number of H-pyrrole nitrogens is 1. The normalized spacial score (nSPS) is 12.1. The highest BCUT2D eigenvalue weighted by Gasteiger charge is 2.14. The summed E-state index contributed by atoms with van der Waals surface area (Å²) in [5, 5.41) is 13.1. The monoisotopic (exact) mass is 259 g/mol. The molecule has 6 nitrogen and oxygen atoms in total. The Labute approximate surface area is 103 Å². The smallest absolute Gasteiger partial charge is 0.287 e. The van der Waals surface area contributed by atoms with Crippen molar-refractivity contribution >= 4 is 23.2 Å². The van der Waals surface area contributed by atoms with E-state index in [9.17, 15) is 14.9 Å². The van der Waals surface area contributed by atoms with E-state index in [1.54, 1.807) is 0 Å². The Bertz CT molecular complexity index is 405. The fourth-order valence-electron chi connectivity index (χ4n) is 1.26. The Morgan fingerprint density at radius 3 is 2.94 bits per heavy atom. The van der Waals surface area contributed by atoms with Crippen molar-refractivity contribution < 1.29 is 9.72 Å². The Morgan fingerprint density at radius 2 is 2.41 bits per heavy atom. The van der Waals surface area contributed by atoms with Crippen molar-refractivity contribution in [3.8, 4) is 0 Å². The third kappa shape index (κ3) is 4.07. The summed E-state index contributed by atoms with van der Waals surface area (Å²) in [6.45, 7) is 2.42. The number of hydrogen-bond donors (Lipinski definition) is 2. The van der Waals surface area contributed by atoms with Crippen molar-refractivity contribution in [2.75, 3.05) is 6.54 Å². The molecule has 0 bridgehead atoms. The summed E-state index contributed by atoms with van der Waals surface area (Å²) in [4.78, 5) is 24.0. The second kappa shape index (κ2) is 6.24. The van der Waals surface area contributed by atoms with Gasteiger partial charge in [0.1, 0.15) is 5.69 Å². The molecule has 2 N–H and O–H groups in total. The van der Waals surface area contributed by atoms with Crippen LogP contribution in [-0.4, -0.2) is 27.7 Å². The molecule has 1 atom stereocenters. The molecule has 0 aliphatic rings. The van der Waals surface area contributed by atoms with Crippen LogP contribution in [0.25, 0.3) is 0 Å². The molecule has 0 aliphatic heterocycles. The maximum atomic E-state index is 11.5. The number of nitro groups is 1. The summed E-state index contributed by atoms with van der Waals surface area (Å²) in [5.74, 6) is -0.363. The van der Waals surface area contributed by atoms with Crippen LogP contribution >= 0.6 is 11.6 Å². The van der Waals surface area contributed by atoms with Gasteiger partial charge in [-0.1, -0.05) is 6.92 Å². The molecule has 0 radical (unpaired) electrons. The van der Waals surface area contributed by atoms with Crippen molar-refractivity contribution in [3.63, 3.8) is 0 Å². The van der Waals surface area contributed by atoms with E-state index in [0.717, 1.165) is 6.42 Å². The summed E-state index contributed by atoms with van der Waals surface area (Å²) >= 11 is 5.89. The fourth-order valence-corrected chi connectivity index (χ4v) is 1.37. The van der Waals surface area contributed by atoms with Crippen LogP contribution in [0.5, 0.6) is 0 Å². The lowest BCUT2D eigenvalue weighted by molar-refractivity contribution is -0.384. The van der Waals surface area contributed by atoms with E-state index < -0.39 is 4.92 Å². The molecule has 1 aromatic rings. The van der Waals surface area contributed by atoms with E-state index in [4.69, 9.17) is 11.6 Å². The molecule has 0 spiro atoms. The van der Waals surface area contributed by atoms with Crippen molar-refractivity contribution in [2.45, 2.75) is 25.1 Å². The fraction of sp³-hybridized carbons (Fsp3) is 0.500. The van der Waals surface area contributed by atoms with Crippen LogP contribution in [0.4, 0.5) is 5.69 Å². The highest BCUT2D eigenvalue weighted by atomic mass is 35.5. The van der Waals surface area contributed by atoms with Gasteiger partial charge in [-0.2, -0.15) is 0 Å². The second-order valence-corrected chi connectivity index (χ2v) is 4.20.